The molecule has 0 radical (unpaired) electrons. The first-order valence-electron chi connectivity index (χ1n) is 6.73. The third-order valence-electron chi connectivity index (χ3n) is 3.19. The Balaban J connectivity index is 1.98. The fourth-order valence-electron chi connectivity index (χ4n) is 2.23. The number of nitrogens with one attached hydrogen (secondary N) is 1. The molecule has 2 rings (SSSR count). The second-order valence-corrected chi connectivity index (χ2v) is 5.10. The third kappa shape index (κ3) is 3.68. The summed E-state index contributed by atoms with van der Waals surface area (Å²) < 4.78 is 0. The van der Waals surface area contributed by atoms with Crippen LogP contribution in [0, 0.1) is 13.8 Å². The molecule has 3 heteroatoms. The number of carbonyl (C=O) groups excluding carboxylic acids is 1. The molecule has 3 nitrogen and oxygen atoms in total. The number of hydrogen-bond donors (Lipinski definition) is 2. The lowest BCUT2D eigenvalue weighted by atomic mass is 10.1. The highest BCUT2D eigenvalue weighted by Gasteiger charge is 2.10. The summed E-state index contributed by atoms with van der Waals surface area (Å²) in [6, 6.07) is 15.4. The smallest absolute Gasteiger partial charge is 0.251 e. The van der Waals surface area contributed by atoms with Crippen molar-refractivity contribution >= 4 is 5.91 Å². The topological polar surface area (TPSA) is 55.1 Å². The van der Waals surface area contributed by atoms with Crippen molar-refractivity contribution in [2.24, 2.45) is 5.73 Å². The van der Waals surface area contributed by atoms with Crippen LogP contribution >= 0.6 is 0 Å². The number of rotatable bonds is 4. The lowest BCUT2D eigenvalue weighted by Crippen LogP contribution is -2.31. The van der Waals surface area contributed by atoms with Crippen LogP contribution < -0.4 is 11.1 Å². The molecule has 0 fully saturated rings. The molecule has 0 spiro atoms. The number of nitrogens with two attached hydrogens (primary N) is 1. The van der Waals surface area contributed by atoms with Gasteiger partial charge in [0.2, 0.25) is 0 Å². The summed E-state index contributed by atoms with van der Waals surface area (Å²) in [7, 11) is 0. The van der Waals surface area contributed by atoms with Gasteiger partial charge in [0, 0.05) is 18.2 Å². The SMILES string of the molecule is Cc1cc(C)cc(C(=O)NCC(N)c2ccccc2)c1. The van der Waals surface area contributed by atoms with Crippen LogP contribution in [0.3, 0.4) is 0 Å². The van der Waals surface area contributed by atoms with Gasteiger partial charge in [-0.3, -0.25) is 4.79 Å². The van der Waals surface area contributed by atoms with Crippen molar-refractivity contribution in [1.29, 1.82) is 0 Å². The van der Waals surface area contributed by atoms with Crippen LogP contribution in [0.25, 0.3) is 0 Å². The predicted molar refractivity (Wildman–Crippen MR) is 81.6 cm³/mol. The van der Waals surface area contributed by atoms with Crippen LogP contribution in [0.1, 0.15) is 33.1 Å². The molecule has 0 aliphatic carbocycles. The van der Waals surface area contributed by atoms with E-state index in [1.807, 2.05) is 62.4 Å². The summed E-state index contributed by atoms with van der Waals surface area (Å²) in [6.07, 6.45) is 0. The van der Waals surface area contributed by atoms with Gasteiger partial charge in [-0.1, -0.05) is 47.5 Å². The van der Waals surface area contributed by atoms with Crippen LogP contribution in [-0.2, 0) is 0 Å². The van der Waals surface area contributed by atoms with Crippen molar-refractivity contribution in [1.82, 2.24) is 5.32 Å². The van der Waals surface area contributed by atoms with Gasteiger partial charge >= 0.3 is 0 Å². The number of carbonyl (C=O) groups is 1. The van der Waals surface area contributed by atoms with Crippen LogP contribution in [-0.4, -0.2) is 12.5 Å². The van der Waals surface area contributed by atoms with E-state index in [4.69, 9.17) is 5.73 Å². The monoisotopic (exact) mass is 268 g/mol. The highest BCUT2D eigenvalue weighted by molar-refractivity contribution is 5.94. The van der Waals surface area contributed by atoms with Gasteiger partial charge in [-0.05, 0) is 31.5 Å². The highest BCUT2D eigenvalue weighted by Crippen LogP contribution is 2.10. The molecule has 104 valence electrons. The molecule has 3 N–H and O–H groups in total. The third-order valence-corrected chi connectivity index (χ3v) is 3.19. The number of amides is 1. The van der Waals surface area contributed by atoms with Gasteiger partial charge in [-0.25, -0.2) is 0 Å². The van der Waals surface area contributed by atoms with E-state index in [1.165, 1.54) is 0 Å². The van der Waals surface area contributed by atoms with Gasteiger partial charge < -0.3 is 11.1 Å². The second kappa shape index (κ2) is 6.35. The van der Waals surface area contributed by atoms with Crippen molar-refractivity contribution in [2.75, 3.05) is 6.54 Å². The van der Waals surface area contributed by atoms with Gasteiger partial charge in [0.05, 0.1) is 0 Å². The Morgan fingerprint density at radius 2 is 1.70 bits per heavy atom. The molecule has 2 aromatic rings. The van der Waals surface area contributed by atoms with E-state index in [-0.39, 0.29) is 11.9 Å². The standard InChI is InChI=1S/C17H20N2O/c1-12-8-13(2)10-15(9-12)17(20)19-11-16(18)14-6-4-3-5-7-14/h3-10,16H,11,18H2,1-2H3,(H,19,20). The average molecular weight is 268 g/mol. The van der Waals surface area contributed by atoms with Crippen LogP contribution in [0.4, 0.5) is 0 Å². The lowest BCUT2D eigenvalue weighted by Gasteiger charge is -2.13. The molecule has 1 unspecified atom stereocenters. The molecular formula is C17H20N2O. The number of benzene rings is 2. The minimum atomic E-state index is -0.189. The minimum Gasteiger partial charge on any atom is -0.350 e. The normalized spacial score (nSPS) is 11.9. The zero-order valence-corrected chi connectivity index (χ0v) is 11.9. The zero-order valence-electron chi connectivity index (χ0n) is 11.9. The number of hydrogen-bond acceptors (Lipinski definition) is 2. The van der Waals surface area contributed by atoms with Crippen molar-refractivity contribution in [3.63, 3.8) is 0 Å². The summed E-state index contributed by atoms with van der Waals surface area (Å²) in [5.41, 5.74) is 9.94. The molecule has 0 saturated carbocycles. The Kier molecular flexibility index (Phi) is 4.53. The van der Waals surface area contributed by atoms with Gasteiger partial charge in [-0.15, -0.1) is 0 Å². The molecule has 0 heterocycles. The Hall–Kier alpha value is -2.13. The first-order valence-corrected chi connectivity index (χ1v) is 6.73. The van der Waals surface area contributed by atoms with E-state index in [0.29, 0.717) is 12.1 Å². The molecule has 1 amide bonds. The van der Waals surface area contributed by atoms with Crippen molar-refractivity contribution in [2.45, 2.75) is 19.9 Å². The van der Waals surface area contributed by atoms with Crippen LogP contribution in [0.15, 0.2) is 48.5 Å². The maximum absolute atomic E-state index is 12.1. The molecule has 0 bridgehead atoms. The number of aryl methyl sites for hydroxylation is 2. The Morgan fingerprint density at radius 1 is 1.10 bits per heavy atom. The minimum absolute atomic E-state index is 0.0804. The summed E-state index contributed by atoms with van der Waals surface area (Å²) in [5.74, 6) is -0.0804. The Morgan fingerprint density at radius 3 is 2.30 bits per heavy atom. The van der Waals surface area contributed by atoms with Gasteiger partial charge in [0.15, 0.2) is 0 Å². The van der Waals surface area contributed by atoms with E-state index < -0.39 is 0 Å². The average Bonchev–Trinajstić information content (AvgIpc) is 2.44. The molecule has 0 aromatic heterocycles. The molecule has 2 aromatic carbocycles. The lowest BCUT2D eigenvalue weighted by molar-refractivity contribution is 0.0951. The predicted octanol–water partition coefficient (Wildman–Crippen LogP) is 2.73. The van der Waals surface area contributed by atoms with E-state index in [2.05, 4.69) is 5.32 Å². The maximum atomic E-state index is 12.1. The highest BCUT2D eigenvalue weighted by atomic mass is 16.1. The summed E-state index contributed by atoms with van der Waals surface area (Å²) in [5, 5.41) is 2.89. The molecule has 20 heavy (non-hydrogen) atoms. The van der Waals surface area contributed by atoms with Crippen LogP contribution in [0.2, 0.25) is 0 Å². The van der Waals surface area contributed by atoms with Gasteiger partial charge in [0.1, 0.15) is 0 Å². The molecule has 0 aliphatic rings. The molecule has 1 atom stereocenters. The maximum Gasteiger partial charge on any atom is 0.251 e. The Bertz CT molecular complexity index is 573. The molecule has 0 aliphatic heterocycles. The van der Waals surface area contributed by atoms with E-state index in [0.717, 1.165) is 16.7 Å². The van der Waals surface area contributed by atoms with E-state index in [9.17, 15) is 4.79 Å². The fourth-order valence-corrected chi connectivity index (χ4v) is 2.23. The first kappa shape index (κ1) is 14.3. The quantitative estimate of drug-likeness (QED) is 0.895. The fraction of sp³-hybridized carbons (Fsp3) is 0.235. The van der Waals surface area contributed by atoms with Crippen molar-refractivity contribution in [3.05, 3.63) is 70.8 Å². The largest absolute Gasteiger partial charge is 0.350 e. The van der Waals surface area contributed by atoms with E-state index in [1.54, 1.807) is 0 Å². The van der Waals surface area contributed by atoms with Crippen LogP contribution in [0.5, 0.6) is 0 Å². The zero-order chi connectivity index (χ0) is 14.5. The first-order chi connectivity index (χ1) is 9.56. The van der Waals surface area contributed by atoms with Crippen molar-refractivity contribution < 1.29 is 4.79 Å². The Labute approximate surface area is 119 Å². The molecular weight excluding hydrogens is 248 g/mol. The van der Waals surface area contributed by atoms with Gasteiger partial charge in [-0.2, -0.15) is 0 Å². The van der Waals surface area contributed by atoms with E-state index >= 15 is 0 Å². The second-order valence-electron chi connectivity index (χ2n) is 5.10. The summed E-state index contributed by atoms with van der Waals surface area (Å²) in [6.45, 7) is 4.40. The van der Waals surface area contributed by atoms with Crippen molar-refractivity contribution in [3.8, 4) is 0 Å². The molecule has 0 saturated heterocycles. The van der Waals surface area contributed by atoms with Gasteiger partial charge in [0.25, 0.3) is 5.91 Å². The summed E-state index contributed by atoms with van der Waals surface area (Å²) in [4.78, 5) is 12.1. The summed E-state index contributed by atoms with van der Waals surface area (Å²) >= 11 is 0.